The van der Waals surface area contributed by atoms with E-state index in [1.165, 1.54) is 24.3 Å². The van der Waals surface area contributed by atoms with Crippen LogP contribution in [0.5, 0.6) is 0 Å². The number of sulfonamides is 1. The third-order valence-electron chi connectivity index (χ3n) is 5.27. The molecule has 0 saturated heterocycles. The molecule has 1 heterocycles. The molecular formula is C23H19F3N2O4S. The van der Waals surface area contributed by atoms with Crippen molar-refractivity contribution >= 4 is 21.7 Å². The van der Waals surface area contributed by atoms with E-state index in [0.29, 0.717) is 5.56 Å². The van der Waals surface area contributed by atoms with E-state index in [2.05, 4.69) is 10.0 Å². The highest BCUT2D eigenvalue weighted by Crippen LogP contribution is 2.37. The summed E-state index contributed by atoms with van der Waals surface area (Å²) in [4.78, 5) is 12.1. The van der Waals surface area contributed by atoms with Crippen molar-refractivity contribution in [3.8, 4) is 0 Å². The average Bonchev–Trinajstić information content (AvgIpc) is 2.77. The summed E-state index contributed by atoms with van der Waals surface area (Å²) in [6.07, 6.45) is -5.62. The molecule has 1 aliphatic heterocycles. The smallest absolute Gasteiger partial charge is 0.416 e. The van der Waals surface area contributed by atoms with Crippen LogP contribution in [-0.4, -0.2) is 14.4 Å². The van der Waals surface area contributed by atoms with Gasteiger partial charge in [-0.15, -0.1) is 0 Å². The minimum atomic E-state index is -4.61. The standard InChI is InChI=1S/C23H19F3N2O4S/c1-14-4-2-3-5-17(14)13-32-22(29)16-8-6-15(7-9-16)21-27-19-12-18(23(24,25)26)10-11-20(19)33(30,31)28-21/h2-12,21,27-28H,13H2,1H3/t21-/m1/s1. The van der Waals surface area contributed by atoms with Crippen molar-refractivity contribution in [2.45, 2.75) is 30.8 Å². The average molecular weight is 476 g/mol. The fourth-order valence-electron chi connectivity index (χ4n) is 3.42. The van der Waals surface area contributed by atoms with Gasteiger partial charge in [0, 0.05) is 0 Å². The van der Waals surface area contributed by atoms with E-state index in [-0.39, 0.29) is 22.8 Å². The number of fused-ring (bicyclic) bond motifs is 1. The van der Waals surface area contributed by atoms with Crippen molar-refractivity contribution in [1.82, 2.24) is 4.72 Å². The second-order valence-electron chi connectivity index (χ2n) is 7.53. The minimum absolute atomic E-state index is 0.107. The maximum atomic E-state index is 13.0. The summed E-state index contributed by atoms with van der Waals surface area (Å²) in [7, 11) is -4.04. The van der Waals surface area contributed by atoms with Crippen LogP contribution in [0.3, 0.4) is 0 Å². The van der Waals surface area contributed by atoms with Gasteiger partial charge in [-0.3, -0.25) is 0 Å². The van der Waals surface area contributed by atoms with Gasteiger partial charge in [0.2, 0.25) is 10.0 Å². The summed E-state index contributed by atoms with van der Waals surface area (Å²) in [5.74, 6) is -0.554. The minimum Gasteiger partial charge on any atom is -0.457 e. The van der Waals surface area contributed by atoms with Gasteiger partial charge in [0.1, 0.15) is 17.7 Å². The van der Waals surface area contributed by atoms with Crippen molar-refractivity contribution in [3.63, 3.8) is 0 Å². The maximum Gasteiger partial charge on any atom is 0.416 e. The highest BCUT2D eigenvalue weighted by atomic mass is 32.2. The summed E-state index contributed by atoms with van der Waals surface area (Å²) in [5.41, 5.74) is 1.42. The number of carbonyl (C=O) groups excluding carboxylic acids is 1. The van der Waals surface area contributed by atoms with Gasteiger partial charge in [-0.1, -0.05) is 36.4 Å². The van der Waals surface area contributed by atoms with E-state index >= 15 is 0 Å². The largest absolute Gasteiger partial charge is 0.457 e. The fourth-order valence-corrected chi connectivity index (χ4v) is 4.71. The second-order valence-corrected chi connectivity index (χ2v) is 9.21. The summed E-state index contributed by atoms with van der Waals surface area (Å²) in [6.45, 7) is 2.02. The highest BCUT2D eigenvalue weighted by molar-refractivity contribution is 7.89. The van der Waals surface area contributed by atoms with Gasteiger partial charge in [-0.05, 0) is 53.9 Å². The SMILES string of the molecule is Cc1ccccc1COC(=O)c1ccc([C@@H]2Nc3cc(C(F)(F)F)ccc3S(=O)(=O)N2)cc1. The zero-order valence-electron chi connectivity index (χ0n) is 17.3. The molecule has 3 aromatic rings. The van der Waals surface area contributed by atoms with E-state index in [4.69, 9.17) is 4.74 Å². The number of benzene rings is 3. The molecule has 0 aromatic heterocycles. The third-order valence-corrected chi connectivity index (χ3v) is 6.75. The van der Waals surface area contributed by atoms with E-state index in [9.17, 15) is 26.4 Å². The molecule has 3 aromatic carbocycles. The number of anilines is 1. The lowest BCUT2D eigenvalue weighted by Crippen LogP contribution is -2.38. The Morgan fingerprint density at radius 2 is 1.73 bits per heavy atom. The molecule has 0 radical (unpaired) electrons. The van der Waals surface area contributed by atoms with E-state index in [1.807, 2.05) is 31.2 Å². The first-order valence-corrected chi connectivity index (χ1v) is 11.3. The Morgan fingerprint density at radius 1 is 1.03 bits per heavy atom. The van der Waals surface area contributed by atoms with E-state index in [0.717, 1.165) is 29.3 Å². The first kappa shape index (κ1) is 22.8. The number of carbonyl (C=O) groups is 1. The lowest BCUT2D eigenvalue weighted by molar-refractivity contribution is -0.137. The Hall–Kier alpha value is -3.37. The topological polar surface area (TPSA) is 84.5 Å². The Morgan fingerprint density at radius 3 is 2.39 bits per heavy atom. The zero-order chi connectivity index (χ0) is 23.8. The van der Waals surface area contributed by atoms with Crippen LogP contribution >= 0.6 is 0 Å². The van der Waals surface area contributed by atoms with Crippen molar-refractivity contribution in [3.05, 3.63) is 94.5 Å². The van der Waals surface area contributed by atoms with E-state index in [1.54, 1.807) is 0 Å². The number of rotatable bonds is 4. The molecule has 0 fully saturated rings. The summed E-state index contributed by atoms with van der Waals surface area (Å²) in [6, 6.07) is 15.8. The van der Waals surface area contributed by atoms with E-state index < -0.39 is 33.9 Å². The number of aryl methyl sites for hydroxylation is 1. The monoisotopic (exact) mass is 476 g/mol. The summed E-state index contributed by atoms with van der Waals surface area (Å²) in [5, 5.41) is 2.78. The summed E-state index contributed by atoms with van der Waals surface area (Å²) < 4.78 is 71.9. The highest BCUT2D eigenvalue weighted by Gasteiger charge is 2.35. The van der Waals surface area contributed by atoms with Crippen LogP contribution in [0.4, 0.5) is 18.9 Å². The molecule has 0 unspecified atom stereocenters. The Balaban J connectivity index is 1.51. The van der Waals surface area contributed by atoms with Crippen LogP contribution in [0.1, 0.15) is 38.8 Å². The Kier molecular flexibility index (Phi) is 5.89. The molecule has 172 valence electrons. The molecule has 33 heavy (non-hydrogen) atoms. The normalized spacial score (nSPS) is 17.0. The maximum absolute atomic E-state index is 13.0. The van der Waals surface area contributed by atoms with Gasteiger partial charge in [0.05, 0.1) is 16.8 Å². The Bertz CT molecular complexity index is 1310. The van der Waals surface area contributed by atoms with Crippen LogP contribution in [0.25, 0.3) is 0 Å². The van der Waals surface area contributed by atoms with Gasteiger partial charge in [-0.25, -0.2) is 13.2 Å². The molecule has 4 rings (SSSR count). The first-order chi connectivity index (χ1) is 15.5. The molecule has 0 aliphatic carbocycles. The van der Waals surface area contributed by atoms with Gasteiger partial charge in [-0.2, -0.15) is 17.9 Å². The number of nitrogens with one attached hydrogen (secondary N) is 2. The molecule has 0 spiro atoms. The lowest BCUT2D eigenvalue weighted by atomic mass is 10.1. The number of ether oxygens (including phenoxy) is 1. The number of esters is 1. The van der Waals surface area contributed by atoms with Gasteiger partial charge in [0.15, 0.2) is 0 Å². The lowest BCUT2D eigenvalue weighted by Gasteiger charge is -2.29. The van der Waals surface area contributed by atoms with Crippen LogP contribution in [-0.2, 0) is 27.5 Å². The molecule has 0 amide bonds. The van der Waals surface area contributed by atoms with Crippen molar-refractivity contribution in [2.24, 2.45) is 0 Å². The number of hydrogen-bond donors (Lipinski definition) is 2. The second kappa shape index (κ2) is 8.53. The zero-order valence-corrected chi connectivity index (χ0v) is 18.1. The molecule has 1 aliphatic rings. The molecule has 0 saturated carbocycles. The van der Waals surface area contributed by atoms with Gasteiger partial charge >= 0.3 is 12.1 Å². The predicted molar refractivity (Wildman–Crippen MR) is 115 cm³/mol. The number of hydrogen-bond acceptors (Lipinski definition) is 5. The van der Waals surface area contributed by atoms with Crippen LogP contribution < -0.4 is 10.0 Å². The number of alkyl halides is 3. The van der Waals surface area contributed by atoms with Gasteiger partial charge in [0.25, 0.3) is 0 Å². The van der Waals surface area contributed by atoms with Crippen molar-refractivity contribution in [2.75, 3.05) is 5.32 Å². The molecular weight excluding hydrogens is 457 g/mol. The fraction of sp³-hybridized carbons (Fsp3) is 0.174. The molecule has 6 nitrogen and oxygen atoms in total. The predicted octanol–water partition coefficient (Wildman–Crippen LogP) is 4.77. The molecule has 10 heteroatoms. The quantitative estimate of drug-likeness (QED) is 0.530. The molecule has 1 atom stereocenters. The van der Waals surface area contributed by atoms with Crippen LogP contribution in [0.2, 0.25) is 0 Å². The van der Waals surface area contributed by atoms with Crippen LogP contribution in [0, 0.1) is 6.92 Å². The van der Waals surface area contributed by atoms with Crippen LogP contribution in [0.15, 0.2) is 71.6 Å². The first-order valence-electron chi connectivity index (χ1n) is 9.86. The molecule has 2 N–H and O–H groups in total. The third kappa shape index (κ3) is 4.86. The Labute approximate surface area is 188 Å². The molecule has 0 bridgehead atoms. The summed E-state index contributed by atoms with van der Waals surface area (Å²) >= 11 is 0. The number of halogens is 3. The van der Waals surface area contributed by atoms with Crippen molar-refractivity contribution < 1.29 is 31.1 Å². The van der Waals surface area contributed by atoms with Crippen molar-refractivity contribution in [1.29, 1.82) is 0 Å². The van der Waals surface area contributed by atoms with Gasteiger partial charge < -0.3 is 10.1 Å².